The van der Waals surface area contributed by atoms with Crippen molar-refractivity contribution in [2.24, 2.45) is 0 Å². The van der Waals surface area contributed by atoms with Crippen molar-refractivity contribution in [3.8, 4) is 0 Å². The van der Waals surface area contributed by atoms with Gasteiger partial charge in [-0.3, -0.25) is 9.10 Å². The van der Waals surface area contributed by atoms with Gasteiger partial charge in [-0.1, -0.05) is 30.7 Å². The molecule has 1 fully saturated rings. The number of anilines is 1. The molecule has 7 heteroatoms. The van der Waals surface area contributed by atoms with Crippen molar-refractivity contribution >= 4 is 21.6 Å². The maximum absolute atomic E-state index is 13.0. The first-order valence-corrected chi connectivity index (χ1v) is 12.3. The number of benzene rings is 2. The summed E-state index contributed by atoms with van der Waals surface area (Å²) in [6, 6.07) is 14.9. The number of hydrogen-bond acceptors (Lipinski definition) is 4. The summed E-state index contributed by atoms with van der Waals surface area (Å²) in [6.07, 6.45) is 6.32. The van der Waals surface area contributed by atoms with Crippen LogP contribution in [-0.2, 0) is 10.0 Å². The zero-order valence-corrected chi connectivity index (χ0v) is 18.7. The van der Waals surface area contributed by atoms with E-state index in [1.54, 1.807) is 60.7 Å². The lowest BCUT2D eigenvalue weighted by Crippen LogP contribution is -2.33. The lowest BCUT2D eigenvalue weighted by atomic mass is 10.1. The van der Waals surface area contributed by atoms with Crippen molar-refractivity contribution in [1.82, 2.24) is 10.2 Å². The molecular formula is C24H31N3O3S. The van der Waals surface area contributed by atoms with Crippen LogP contribution in [0.4, 0.5) is 5.69 Å². The highest BCUT2D eigenvalue weighted by molar-refractivity contribution is 7.92. The van der Waals surface area contributed by atoms with Crippen LogP contribution in [0.25, 0.3) is 0 Å². The third-order valence-corrected chi connectivity index (χ3v) is 7.24. The normalized spacial score (nSPS) is 14.7. The summed E-state index contributed by atoms with van der Waals surface area (Å²) in [6.45, 7) is 7.76. The van der Waals surface area contributed by atoms with Crippen LogP contribution in [0.3, 0.4) is 0 Å². The second-order valence-electron chi connectivity index (χ2n) is 7.70. The molecule has 1 aliphatic heterocycles. The first-order valence-electron chi connectivity index (χ1n) is 10.8. The number of carbonyl (C=O) groups is 1. The Morgan fingerprint density at radius 3 is 2.35 bits per heavy atom. The fraction of sp³-hybridized carbons (Fsp3) is 0.375. The zero-order chi connectivity index (χ0) is 22.1. The summed E-state index contributed by atoms with van der Waals surface area (Å²) in [5.74, 6) is -0.147. The molecular weight excluding hydrogens is 410 g/mol. The molecule has 1 heterocycles. The lowest BCUT2D eigenvalue weighted by Gasteiger charge is -2.26. The average molecular weight is 442 g/mol. The van der Waals surface area contributed by atoms with E-state index in [0.29, 0.717) is 17.8 Å². The van der Waals surface area contributed by atoms with Crippen LogP contribution in [-0.4, -0.2) is 51.9 Å². The van der Waals surface area contributed by atoms with Crippen LogP contribution in [0.5, 0.6) is 0 Å². The number of rotatable bonds is 10. The van der Waals surface area contributed by atoms with Crippen LogP contribution >= 0.6 is 0 Å². The number of likely N-dealkylation sites (tertiary alicyclic amines) is 1. The van der Waals surface area contributed by atoms with Crippen molar-refractivity contribution in [2.75, 3.05) is 37.0 Å². The Labute approximate surface area is 185 Å². The van der Waals surface area contributed by atoms with Crippen molar-refractivity contribution in [1.29, 1.82) is 0 Å². The highest BCUT2D eigenvalue weighted by atomic mass is 32.2. The molecule has 0 atom stereocenters. The third kappa shape index (κ3) is 6.18. The highest BCUT2D eigenvalue weighted by Crippen LogP contribution is 2.24. The second-order valence-corrected chi connectivity index (χ2v) is 9.56. The van der Waals surface area contributed by atoms with E-state index in [4.69, 9.17) is 0 Å². The van der Waals surface area contributed by atoms with Gasteiger partial charge in [0.05, 0.1) is 17.1 Å². The number of carbonyl (C=O) groups excluding carboxylic acids is 1. The zero-order valence-electron chi connectivity index (χ0n) is 17.9. The van der Waals surface area contributed by atoms with Gasteiger partial charge >= 0.3 is 0 Å². The number of sulfonamides is 1. The molecule has 31 heavy (non-hydrogen) atoms. The summed E-state index contributed by atoms with van der Waals surface area (Å²) in [7, 11) is -3.72. The van der Waals surface area contributed by atoms with E-state index < -0.39 is 10.0 Å². The molecule has 0 aromatic heterocycles. The van der Waals surface area contributed by atoms with Crippen LogP contribution in [0.1, 0.15) is 36.0 Å². The fourth-order valence-electron chi connectivity index (χ4n) is 3.75. The fourth-order valence-corrected chi connectivity index (χ4v) is 5.20. The van der Waals surface area contributed by atoms with Crippen molar-refractivity contribution in [3.05, 3.63) is 72.8 Å². The largest absolute Gasteiger partial charge is 0.352 e. The van der Waals surface area contributed by atoms with Gasteiger partial charge in [0.1, 0.15) is 0 Å². The number of nitrogens with one attached hydrogen (secondary N) is 1. The molecule has 2 aromatic carbocycles. The maximum Gasteiger partial charge on any atom is 0.264 e. The molecule has 1 amide bonds. The lowest BCUT2D eigenvalue weighted by molar-refractivity contribution is 0.0951. The van der Waals surface area contributed by atoms with E-state index in [9.17, 15) is 13.2 Å². The highest BCUT2D eigenvalue weighted by Gasteiger charge is 2.24. The van der Waals surface area contributed by atoms with E-state index in [0.717, 1.165) is 26.1 Å². The van der Waals surface area contributed by atoms with Gasteiger partial charge < -0.3 is 10.2 Å². The van der Waals surface area contributed by atoms with Gasteiger partial charge in [0.25, 0.3) is 15.9 Å². The third-order valence-electron chi connectivity index (χ3n) is 5.43. The topological polar surface area (TPSA) is 69.7 Å². The maximum atomic E-state index is 13.0. The minimum absolute atomic E-state index is 0.138. The summed E-state index contributed by atoms with van der Waals surface area (Å²) in [4.78, 5) is 15.1. The SMILES string of the molecule is C=CCN(c1ccc(C(=O)NCCCN2CCCCC2)cc1)S(=O)(=O)c1ccccc1. The molecule has 0 bridgehead atoms. The van der Waals surface area contributed by atoms with Gasteiger partial charge in [-0.2, -0.15) is 0 Å². The van der Waals surface area contributed by atoms with E-state index in [1.807, 2.05) is 0 Å². The van der Waals surface area contributed by atoms with E-state index in [-0.39, 0.29) is 17.3 Å². The predicted octanol–water partition coefficient (Wildman–Crippen LogP) is 3.67. The van der Waals surface area contributed by atoms with Crippen molar-refractivity contribution in [2.45, 2.75) is 30.6 Å². The Morgan fingerprint density at radius 2 is 1.71 bits per heavy atom. The van der Waals surface area contributed by atoms with E-state index in [1.165, 1.54) is 23.6 Å². The molecule has 166 valence electrons. The first kappa shape index (κ1) is 23.0. The van der Waals surface area contributed by atoms with Gasteiger partial charge in [0.2, 0.25) is 0 Å². The Balaban J connectivity index is 1.60. The van der Waals surface area contributed by atoms with Crippen molar-refractivity contribution in [3.63, 3.8) is 0 Å². The molecule has 0 saturated carbocycles. The molecule has 3 rings (SSSR count). The Morgan fingerprint density at radius 1 is 1.03 bits per heavy atom. The number of piperidine rings is 1. The van der Waals surface area contributed by atoms with Gasteiger partial charge in [-0.05, 0) is 75.3 Å². The van der Waals surface area contributed by atoms with Crippen LogP contribution in [0.2, 0.25) is 0 Å². The predicted molar refractivity (Wildman–Crippen MR) is 125 cm³/mol. The summed E-state index contributed by atoms with van der Waals surface area (Å²) in [5, 5.41) is 2.95. The smallest absolute Gasteiger partial charge is 0.264 e. The van der Waals surface area contributed by atoms with E-state index >= 15 is 0 Å². The minimum atomic E-state index is -3.72. The van der Waals surface area contributed by atoms with Gasteiger partial charge in [-0.15, -0.1) is 6.58 Å². The number of amides is 1. The molecule has 2 aromatic rings. The summed E-state index contributed by atoms with van der Waals surface area (Å²) < 4.78 is 27.4. The molecule has 0 unspecified atom stereocenters. The van der Waals surface area contributed by atoms with E-state index in [2.05, 4.69) is 16.8 Å². The molecule has 0 spiro atoms. The summed E-state index contributed by atoms with van der Waals surface area (Å²) >= 11 is 0. The number of hydrogen-bond donors (Lipinski definition) is 1. The standard InChI is InChI=1S/C24H31N3O3S/c1-2-17-27(31(29,30)23-10-5-3-6-11-23)22-14-12-21(13-15-22)24(28)25-16-9-20-26-18-7-4-8-19-26/h2-3,5-6,10-15H,1,4,7-9,16-20H2,(H,25,28). The van der Waals surface area contributed by atoms with Crippen LogP contribution in [0, 0.1) is 0 Å². The van der Waals surface area contributed by atoms with Gasteiger partial charge in [0, 0.05) is 12.1 Å². The minimum Gasteiger partial charge on any atom is -0.352 e. The van der Waals surface area contributed by atoms with Crippen LogP contribution in [0.15, 0.2) is 72.1 Å². The van der Waals surface area contributed by atoms with Gasteiger partial charge in [0.15, 0.2) is 0 Å². The molecule has 0 radical (unpaired) electrons. The quantitative estimate of drug-likeness (QED) is 0.451. The Bertz CT molecular complexity index is 953. The first-order chi connectivity index (χ1) is 15.0. The van der Waals surface area contributed by atoms with Gasteiger partial charge in [-0.25, -0.2) is 8.42 Å². The molecule has 0 aliphatic carbocycles. The Hall–Kier alpha value is -2.64. The number of nitrogens with zero attached hydrogens (tertiary/aromatic N) is 2. The van der Waals surface area contributed by atoms with Crippen LogP contribution < -0.4 is 9.62 Å². The summed E-state index contributed by atoms with van der Waals surface area (Å²) in [5.41, 5.74) is 1.00. The molecule has 1 N–H and O–H groups in total. The molecule has 1 aliphatic rings. The second kappa shape index (κ2) is 11.1. The monoisotopic (exact) mass is 441 g/mol. The average Bonchev–Trinajstić information content (AvgIpc) is 2.81. The molecule has 6 nitrogen and oxygen atoms in total. The Kier molecular flexibility index (Phi) is 8.26. The van der Waals surface area contributed by atoms with Crippen molar-refractivity contribution < 1.29 is 13.2 Å². The molecule has 1 saturated heterocycles.